The molecule has 3 aromatic rings. The predicted molar refractivity (Wildman–Crippen MR) is 170 cm³/mol. The second-order valence-corrected chi connectivity index (χ2v) is 11.5. The molecular formula is C30H43ClN10. The van der Waals surface area contributed by atoms with E-state index in [0.29, 0.717) is 17.1 Å². The number of pyridine rings is 1. The highest BCUT2D eigenvalue weighted by Crippen LogP contribution is 2.32. The Bertz CT molecular complexity index is 1320. The van der Waals surface area contributed by atoms with Gasteiger partial charge >= 0.3 is 0 Å². The van der Waals surface area contributed by atoms with Gasteiger partial charge in [0.25, 0.3) is 0 Å². The molecule has 2 aromatic heterocycles. The first-order chi connectivity index (χ1) is 19.9. The van der Waals surface area contributed by atoms with Gasteiger partial charge in [-0.1, -0.05) is 11.6 Å². The van der Waals surface area contributed by atoms with Gasteiger partial charge in [-0.15, -0.1) is 0 Å². The van der Waals surface area contributed by atoms with Crippen molar-refractivity contribution >= 4 is 40.4 Å². The lowest BCUT2D eigenvalue weighted by Crippen LogP contribution is -2.48. The van der Waals surface area contributed by atoms with E-state index in [1.54, 1.807) is 12.3 Å². The fourth-order valence-electron chi connectivity index (χ4n) is 5.69. The number of fused-ring (bicyclic) bond motifs is 1. The largest absolute Gasteiger partial charge is 0.379 e. The minimum Gasteiger partial charge on any atom is -0.379 e. The van der Waals surface area contributed by atoms with Gasteiger partial charge in [0.05, 0.1) is 22.7 Å². The fraction of sp³-hybridized carbons (Fsp3) is 0.500. The SMILES string of the molecule is CN/C(=C\C=N)NCCN1CCN(c2ccc(-c3nc4c(NC5CCN(C(C)C)CC5)c(Cl)cnc4[nH]3)cc2)CC1. The molecule has 0 atom stereocenters. The molecule has 2 fully saturated rings. The lowest BCUT2D eigenvalue weighted by atomic mass is 10.0. The van der Waals surface area contributed by atoms with Crippen LogP contribution in [0.5, 0.6) is 0 Å². The first-order valence-electron chi connectivity index (χ1n) is 14.7. The number of imidazole rings is 1. The van der Waals surface area contributed by atoms with Crippen molar-refractivity contribution in [1.29, 1.82) is 5.41 Å². The smallest absolute Gasteiger partial charge is 0.159 e. The Balaban J connectivity index is 1.19. The average Bonchev–Trinajstić information content (AvgIpc) is 3.44. The number of piperazine rings is 1. The minimum atomic E-state index is 0.374. The molecule has 0 radical (unpaired) electrons. The van der Waals surface area contributed by atoms with Gasteiger partial charge in [-0.2, -0.15) is 0 Å². The van der Waals surface area contributed by atoms with E-state index in [-0.39, 0.29) is 0 Å². The Labute approximate surface area is 248 Å². The quantitative estimate of drug-likeness (QED) is 0.217. The molecule has 1 aromatic carbocycles. The van der Waals surface area contributed by atoms with Crippen molar-refractivity contribution < 1.29 is 0 Å². The number of anilines is 2. The van der Waals surface area contributed by atoms with Crippen molar-refractivity contribution in [3.63, 3.8) is 0 Å². The fourth-order valence-corrected chi connectivity index (χ4v) is 5.88. The molecule has 0 aliphatic carbocycles. The van der Waals surface area contributed by atoms with E-state index in [0.717, 1.165) is 99.3 Å². The number of H-pyrrole nitrogens is 1. The molecule has 0 unspecified atom stereocenters. The second-order valence-electron chi connectivity index (χ2n) is 11.1. The number of benzene rings is 1. The Morgan fingerprint density at radius 2 is 1.85 bits per heavy atom. The van der Waals surface area contributed by atoms with Crippen molar-refractivity contribution in [1.82, 2.24) is 35.4 Å². The summed E-state index contributed by atoms with van der Waals surface area (Å²) in [6, 6.07) is 9.59. The molecule has 41 heavy (non-hydrogen) atoms. The maximum atomic E-state index is 7.22. The molecule has 2 saturated heterocycles. The first-order valence-corrected chi connectivity index (χ1v) is 15.1. The third-order valence-electron chi connectivity index (χ3n) is 8.22. The number of halogens is 1. The number of likely N-dealkylation sites (tertiary alicyclic amines) is 1. The van der Waals surface area contributed by atoms with Gasteiger partial charge in [0.1, 0.15) is 11.3 Å². The van der Waals surface area contributed by atoms with Crippen molar-refractivity contribution in [3.8, 4) is 11.4 Å². The average molecular weight is 579 g/mol. The highest BCUT2D eigenvalue weighted by atomic mass is 35.5. The van der Waals surface area contributed by atoms with Crippen molar-refractivity contribution in [2.24, 2.45) is 0 Å². The van der Waals surface area contributed by atoms with Gasteiger partial charge in [-0.25, -0.2) is 9.97 Å². The maximum absolute atomic E-state index is 7.22. The van der Waals surface area contributed by atoms with Crippen LogP contribution >= 0.6 is 11.6 Å². The summed E-state index contributed by atoms with van der Waals surface area (Å²) in [5.74, 6) is 1.67. The molecule has 220 valence electrons. The second kappa shape index (κ2) is 13.5. The normalized spacial score (nSPS) is 17.8. The van der Waals surface area contributed by atoms with E-state index < -0.39 is 0 Å². The summed E-state index contributed by atoms with van der Waals surface area (Å²) in [7, 11) is 1.86. The summed E-state index contributed by atoms with van der Waals surface area (Å²) < 4.78 is 0. The van der Waals surface area contributed by atoms with Gasteiger partial charge in [0, 0.05) is 89.0 Å². The van der Waals surface area contributed by atoms with Crippen LogP contribution in [-0.4, -0.2) is 102 Å². The molecule has 2 aliphatic heterocycles. The molecule has 0 amide bonds. The molecule has 11 heteroatoms. The van der Waals surface area contributed by atoms with Gasteiger partial charge in [0.15, 0.2) is 5.65 Å². The highest BCUT2D eigenvalue weighted by molar-refractivity contribution is 6.34. The van der Waals surface area contributed by atoms with Gasteiger partial charge < -0.3 is 36.1 Å². The van der Waals surface area contributed by atoms with Crippen LogP contribution in [0.4, 0.5) is 11.4 Å². The lowest BCUT2D eigenvalue weighted by molar-refractivity contribution is 0.177. The topological polar surface area (TPSA) is 111 Å². The third-order valence-corrected chi connectivity index (χ3v) is 8.50. The Kier molecular flexibility index (Phi) is 9.64. The molecule has 10 nitrogen and oxygen atoms in total. The number of rotatable bonds is 11. The Morgan fingerprint density at radius 1 is 1.12 bits per heavy atom. The standard InChI is InChI=1S/C30H43ClN10/c1-21(2)40-13-9-23(10-14-40)36-27-25(31)20-35-30-28(27)37-29(38-30)22-4-6-24(7-5-22)41-18-16-39(17-19-41)15-12-34-26(33-3)8-11-32/h4-8,11,20-21,23,32-34H,9-10,12-19H2,1-3H3,(H2,35,36,37,38)/b26-8+,32-11?. The summed E-state index contributed by atoms with van der Waals surface area (Å²) in [5, 5.41) is 17.9. The zero-order valence-corrected chi connectivity index (χ0v) is 25.1. The number of aromatic amines is 1. The minimum absolute atomic E-state index is 0.374. The van der Waals surface area contributed by atoms with Crippen LogP contribution in [-0.2, 0) is 0 Å². The summed E-state index contributed by atoms with van der Waals surface area (Å²) in [6.45, 7) is 12.6. The monoisotopic (exact) mass is 578 g/mol. The van der Waals surface area contributed by atoms with Crippen LogP contribution in [0, 0.1) is 5.41 Å². The molecule has 0 saturated carbocycles. The number of aromatic nitrogens is 3. The van der Waals surface area contributed by atoms with Crippen molar-refractivity contribution in [2.75, 3.05) is 69.6 Å². The summed E-state index contributed by atoms with van der Waals surface area (Å²) in [4.78, 5) is 20.3. The van der Waals surface area contributed by atoms with E-state index in [9.17, 15) is 0 Å². The highest BCUT2D eigenvalue weighted by Gasteiger charge is 2.23. The molecular weight excluding hydrogens is 536 g/mol. The molecule has 2 aliphatic rings. The Hall–Kier alpha value is -3.34. The zero-order valence-electron chi connectivity index (χ0n) is 24.4. The molecule has 5 rings (SSSR count). The van der Waals surface area contributed by atoms with E-state index in [4.69, 9.17) is 22.0 Å². The first kappa shape index (κ1) is 29.2. The molecule has 4 heterocycles. The number of hydrogen-bond acceptors (Lipinski definition) is 9. The number of piperidine rings is 1. The van der Waals surface area contributed by atoms with Crippen LogP contribution < -0.4 is 20.9 Å². The zero-order chi connectivity index (χ0) is 28.8. The van der Waals surface area contributed by atoms with Crippen LogP contribution in [0.15, 0.2) is 42.4 Å². The molecule has 0 bridgehead atoms. The number of allylic oxidation sites excluding steroid dienone is 1. The van der Waals surface area contributed by atoms with Crippen LogP contribution in [0.1, 0.15) is 26.7 Å². The predicted octanol–water partition coefficient (Wildman–Crippen LogP) is 3.98. The summed E-state index contributed by atoms with van der Waals surface area (Å²) in [6.07, 6.45) is 6.90. The van der Waals surface area contributed by atoms with Gasteiger partial charge in [-0.05, 0) is 57.0 Å². The van der Waals surface area contributed by atoms with Crippen molar-refractivity contribution in [2.45, 2.75) is 38.8 Å². The van der Waals surface area contributed by atoms with Crippen LogP contribution in [0.2, 0.25) is 5.02 Å². The number of nitrogens with one attached hydrogen (secondary N) is 5. The summed E-state index contributed by atoms with van der Waals surface area (Å²) >= 11 is 6.62. The summed E-state index contributed by atoms with van der Waals surface area (Å²) in [5.41, 5.74) is 4.67. The lowest BCUT2D eigenvalue weighted by Gasteiger charge is -2.36. The number of nitrogens with zero attached hydrogens (tertiary/aromatic N) is 5. The van der Waals surface area contributed by atoms with Gasteiger partial charge in [-0.3, -0.25) is 4.90 Å². The van der Waals surface area contributed by atoms with E-state index in [1.165, 1.54) is 11.9 Å². The van der Waals surface area contributed by atoms with E-state index in [2.05, 4.69) is 78.7 Å². The van der Waals surface area contributed by atoms with E-state index >= 15 is 0 Å². The maximum Gasteiger partial charge on any atom is 0.159 e. The van der Waals surface area contributed by atoms with Crippen molar-refractivity contribution in [3.05, 3.63) is 47.4 Å². The number of hydrogen-bond donors (Lipinski definition) is 5. The van der Waals surface area contributed by atoms with Crippen LogP contribution in [0.25, 0.3) is 22.6 Å². The molecule has 0 spiro atoms. The van der Waals surface area contributed by atoms with E-state index in [1.807, 2.05) is 7.05 Å². The van der Waals surface area contributed by atoms with Crippen LogP contribution in [0.3, 0.4) is 0 Å². The Morgan fingerprint density at radius 3 is 2.51 bits per heavy atom. The molecule has 5 N–H and O–H groups in total. The van der Waals surface area contributed by atoms with Gasteiger partial charge in [0.2, 0.25) is 0 Å². The third kappa shape index (κ3) is 7.12.